The molecule has 2 rings (SSSR count). The molecule has 0 aliphatic rings. The summed E-state index contributed by atoms with van der Waals surface area (Å²) in [5.41, 5.74) is 4.46. The van der Waals surface area contributed by atoms with Crippen molar-refractivity contribution in [2.24, 2.45) is 5.92 Å². The Kier molecular flexibility index (Phi) is 6.82. The number of carbonyl (C=O) groups is 1. The van der Waals surface area contributed by atoms with E-state index >= 15 is 0 Å². The van der Waals surface area contributed by atoms with E-state index in [1.165, 1.54) is 11.8 Å². The highest BCUT2D eigenvalue weighted by Gasteiger charge is 2.18. The number of hydrogen-bond donors (Lipinski definition) is 1. The molecule has 4 nitrogen and oxygen atoms in total. The highest BCUT2D eigenvalue weighted by Crippen LogP contribution is 2.27. The van der Waals surface area contributed by atoms with Gasteiger partial charge in [-0.15, -0.1) is 0 Å². The van der Waals surface area contributed by atoms with E-state index in [4.69, 9.17) is 0 Å². The van der Waals surface area contributed by atoms with Gasteiger partial charge in [-0.1, -0.05) is 31.7 Å². The Morgan fingerprint density at radius 2 is 1.85 bits per heavy atom. The molecule has 2 aromatic rings. The predicted molar refractivity (Wildman–Crippen MR) is 107 cm³/mol. The van der Waals surface area contributed by atoms with E-state index in [1.807, 2.05) is 39.0 Å². The third-order valence-electron chi connectivity index (χ3n) is 3.80. The zero-order valence-corrected chi connectivity index (χ0v) is 16.8. The second kappa shape index (κ2) is 8.86. The minimum absolute atomic E-state index is 0.0973. The zero-order valence-electron chi connectivity index (χ0n) is 16.0. The Morgan fingerprint density at radius 1 is 1.19 bits per heavy atom. The average Bonchev–Trinajstić information content (AvgIpc) is 2.53. The number of benzene rings is 1. The van der Waals surface area contributed by atoms with Gasteiger partial charge in [0, 0.05) is 11.4 Å². The molecule has 5 heteroatoms. The largest absolute Gasteiger partial charge is 0.325 e. The monoisotopic (exact) mass is 367 g/mol. The number of carbonyl (C=O) groups excluding carboxylic acids is 1. The van der Waals surface area contributed by atoms with Crippen LogP contribution in [0.15, 0.2) is 35.4 Å². The third kappa shape index (κ3) is 5.60. The molecule has 136 valence electrons. The number of nitrogens with zero attached hydrogens (tertiary/aromatic N) is 2. The lowest BCUT2D eigenvalue weighted by Crippen LogP contribution is -2.22. The normalized spacial score (nSPS) is 11.9. The average molecular weight is 368 g/mol. The summed E-state index contributed by atoms with van der Waals surface area (Å²) in [5, 5.41) is 12.6. The van der Waals surface area contributed by atoms with Crippen molar-refractivity contribution in [2.45, 2.75) is 51.3 Å². The van der Waals surface area contributed by atoms with Crippen molar-refractivity contribution < 1.29 is 4.79 Å². The first-order valence-corrected chi connectivity index (χ1v) is 9.62. The van der Waals surface area contributed by atoms with Gasteiger partial charge in [0.25, 0.3) is 0 Å². The van der Waals surface area contributed by atoms with Crippen molar-refractivity contribution in [3.8, 4) is 6.07 Å². The number of pyridine rings is 1. The maximum absolute atomic E-state index is 12.6. The molecule has 1 amide bonds. The van der Waals surface area contributed by atoms with E-state index in [0.717, 1.165) is 28.9 Å². The number of thioether (sulfide) groups is 1. The molecular formula is C21H25N3OS. The summed E-state index contributed by atoms with van der Waals surface area (Å²) >= 11 is 1.33. The molecule has 0 saturated heterocycles. The number of hydrogen-bond acceptors (Lipinski definition) is 4. The van der Waals surface area contributed by atoms with Gasteiger partial charge in [0.05, 0.1) is 10.8 Å². The number of nitriles is 1. The Hall–Kier alpha value is -2.32. The fourth-order valence-electron chi connectivity index (χ4n) is 2.70. The topological polar surface area (TPSA) is 65.8 Å². The molecule has 0 aliphatic carbocycles. The standard InChI is InChI=1S/C21H25N3OS/c1-13(2)8-18-7-6-17(12-22)21(24-18)26-16(5)20(25)23-19-10-14(3)9-15(4)11-19/h6-7,9-11,13,16H,8H2,1-5H3,(H,23,25). The molecule has 0 saturated carbocycles. The molecular weight excluding hydrogens is 342 g/mol. The van der Waals surface area contributed by atoms with Crippen molar-refractivity contribution >= 4 is 23.4 Å². The quantitative estimate of drug-likeness (QED) is 0.738. The summed E-state index contributed by atoms with van der Waals surface area (Å²) in [4.78, 5) is 17.2. The molecule has 0 spiro atoms. The number of nitrogens with one attached hydrogen (secondary N) is 1. The number of anilines is 1. The van der Waals surface area contributed by atoms with Crippen molar-refractivity contribution in [2.75, 3.05) is 5.32 Å². The van der Waals surface area contributed by atoms with Crippen LogP contribution in [-0.4, -0.2) is 16.1 Å². The molecule has 26 heavy (non-hydrogen) atoms. The molecule has 0 aliphatic heterocycles. The van der Waals surface area contributed by atoms with Gasteiger partial charge in [-0.3, -0.25) is 4.79 Å². The molecule has 1 aromatic carbocycles. The van der Waals surface area contributed by atoms with Gasteiger partial charge in [0.2, 0.25) is 5.91 Å². The Bertz CT molecular complexity index is 819. The number of amides is 1. The van der Waals surface area contributed by atoms with Crippen LogP contribution in [0, 0.1) is 31.1 Å². The van der Waals surface area contributed by atoms with Gasteiger partial charge >= 0.3 is 0 Å². The SMILES string of the molecule is Cc1cc(C)cc(NC(=O)C(C)Sc2nc(CC(C)C)ccc2C#N)c1. The van der Waals surface area contributed by atoms with E-state index in [2.05, 4.69) is 36.3 Å². The van der Waals surface area contributed by atoms with Gasteiger partial charge < -0.3 is 5.32 Å². The highest BCUT2D eigenvalue weighted by atomic mass is 32.2. The van der Waals surface area contributed by atoms with Crippen LogP contribution in [0.3, 0.4) is 0 Å². The minimum Gasteiger partial charge on any atom is -0.325 e. The van der Waals surface area contributed by atoms with Crippen LogP contribution in [0.2, 0.25) is 0 Å². The highest BCUT2D eigenvalue weighted by molar-refractivity contribution is 8.00. The fourth-order valence-corrected chi connectivity index (χ4v) is 3.61. The summed E-state index contributed by atoms with van der Waals surface area (Å²) in [6.45, 7) is 10.1. The van der Waals surface area contributed by atoms with Crippen LogP contribution in [-0.2, 0) is 11.2 Å². The first-order chi connectivity index (χ1) is 12.3. The van der Waals surface area contributed by atoms with Gasteiger partial charge in [-0.05, 0) is 68.5 Å². The summed E-state index contributed by atoms with van der Waals surface area (Å²) in [6, 6.07) is 11.8. The van der Waals surface area contributed by atoms with E-state index < -0.39 is 0 Å². The predicted octanol–water partition coefficient (Wildman–Crippen LogP) is 4.89. The lowest BCUT2D eigenvalue weighted by molar-refractivity contribution is -0.115. The number of aromatic nitrogens is 1. The van der Waals surface area contributed by atoms with E-state index in [9.17, 15) is 10.1 Å². The minimum atomic E-state index is -0.357. The van der Waals surface area contributed by atoms with Crippen LogP contribution in [0.4, 0.5) is 5.69 Å². The van der Waals surface area contributed by atoms with Gasteiger partial charge in [-0.25, -0.2) is 4.98 Å². The van der Waals surface area contributed by atoms with Crippen LogP contribution in [0.1, 0.15) is 43.2 Å². The molecule has 1 unspecified atom stereocenters. The summed E-state index contributed by atoms with van der Waals surface area (Å²) in [6.07, 6.45) is 0.850. The zero-order chi connectivity index (χ0) is 19.3. The Labute approximate surface area is 160 Å². The van der Waals surface area contributed by atoms with Crippen molar-refractivity contribution in [1.82, 2.24) is 4.98 Å². The Balaban J connectivity index is 2.13. The summed E-state index contributed by atoms with van der Waals surface area (Å²) in [5.74, 6) is 0.388. The first kappa shape index (κ1) is 20.0. The van der Waals surface area contributed by atoms with Crippen molar-refractivity contribution in [1.29, 1.82) is 5.26 Å². The molecule has 0 radical (unpaired) electrons. The molecule has 0 bridgehead atoms. The summed E-state index contributed by atoms with van der Waals surface area (Å²) in [7, 11) is 0. The number of rotatable bonds is 6. The molecule has 1 N–H and O–H groups in total. The molecule has 1 atom stereocenters. The summed E-state index contributed by atoms with van der Waals surface area (Å²) < 4.78 is 0. The van der Waals surface area contributed by atoms with Crippen molar-refractivity contribution in [3.05, 3.63) is 52.7 Å². The van der Waals surface area contributed by atoms with E-state index in [-0.39, 0.29) is 11.2 Å². The van der Waals surface area contributed by atoms with Crippen LogP contribution in [0.25, 0.3) is 0 Å². The maximum atomic E-state index is 12.6. The molecule has 1 aromatic heterocycles. The second-order valence-electron chi connectivity index (χ2n) is 6.99. The smallest absolute Gasteiger partial charge is 0.237 e. The van der Waals surface area contributed by atoms with Gasteiger partial charge in [0.1, 0.15) is 11.1 Å². The molecule has 1 heterocycles. The second-order valence-corrected chi connectivity index (χ2v) is 8.32. The fraction of sp³-hybridized carbons (Fsp3) is 0.381. The van der Waals surface area contributed by atoms with Crippen LogP contribution < -0.4 is 5.32 Å². The maximum Gasteiger partial charge on any atom is 0.237 e. The van der Waals surface area contributed by atoms with Crippen LogP contribution >= 0.6 is 11.8 Å². The van der Waals surface area contributed by atoms with E-state index in [0.29, 0.717) is 16.5 Å². The number of aryl methyl sites for hydroxylation is 2. The van der Waals surface area contributed by atoms with Crippen LogP contribution in [0.5, 0.6) is 0 Å². The first-order valence-electron chi connectivity index (χ1n) is 8.74. The molecule has 0 fully saturated rings. The third-order valence-corrected chi connectivity index (χ3v) is 4.90. The van der Waals surface area contributed by atoms with Gasteiger partial charge in [0.15, 0.2) is 0 Å². The Morgan fingerprint density at radius 3 is 2.42 bits per heavy atom. The lowest BCUT2D eigenvalue weighted by atomic mass is 10.1. The van der Waals surface area contributed by atoms with Crippen molar-refractivity contribution in [3.63, 3.8) is 0 Å². The van der Waals surface area contributed by atoms with E-state index in [1.54, 1.807) is 6.07 Å². The lowest BCUT2D eigenvalue weighted by Gasteiger charge is -2.14. The van der Waals surface area contributed by atoms with Gasteiger partial charge in [-0.2, -0.15) is 5.26 Å².